The van der Waals surface area contributed by atoms with Gasteiger partial charge in [-0.15, -0.1) is 33.3 Å². The predicted molar refractivity (Wildman–Crippen MR) is 106 cm³/mol. The van der Waals surface area contributed by atoms with Crippen molar-refractivity contribution in [3.8, 4) is 0 Å². The zero-order valence-electron chi connectivity index (χ0n) is 14.3. The highest BCUT2D eigenvalue weighted by molar-refractivity contribution is 7.99. The van der Waals surface area contributed by atoms with E-state index in [1.54, 1.807) is 0 Å². The van der Waals surface area contributed by atoms with E-state index < -0.39 is 0 Å². The van der Waals surface area contributed by atoms with Crippen LogP contribution in [0.4, 0.5) is 5.13 Å². The van der Waals surface area contributed by atoms with Crippen molar-refractivity contribution in [3.05, 3.63) is 31.6 Å². The van der Waals surface area contributed by atoms with Crippen LogP contribution in [0.1, 0.15) is 40.0 Å². The molecule has 1 amide bonds. The number of nitrogens with one attached hydrogen (secondary N) is 2. The standard InChI is InChI=1S/C16H17N5O2S3/c1-7-8(2)25-15-12(7)13(23)17-10(18-15)5-24-6-11(22)19-16-21-20-14(26-16)9-3-4-9/h9H,3-6H2,1-2H3,(H,17,18,23)(H,19,21,22). The maximum Gasteiger partial charge on any atom is 0.259 e. The highest BCUT2D eigenvalue weighted by Gasteiger charge is 2.27. The van der Waals surface area contributed by atoms with Crippen LogP contribution >= 0.6 is 34.4 Å². The van der Waals surface area contributed by atoms with Crippen LogP contribution in [-0.4, -0.2) is 31.8 Å². The lowest BCUT2D eigenvalue weighted by atomic mass is 10.2. The first-order valence-corrected chi connectivity index (χ1v) is 11.0. The fraction of sp³-hybridized carbons (Fsp3) is 0.438. The summed E-state index contributed by atoms with van der Waals surface area (Å²) in [5.41, 5.74) is 0.873. The van der Waals surface area contributed by atoms with Crippen molar-refractivity contribution < 1.29 is 4.79 Å². The minimum atomic E-state index is -0.125. The fourth-order valence-corrected chi connectivity index (χ4v) is 5.21. The number of aryl methyl sites for hydroxylation is 2. The van der Waals surface area contributed by atoms with Gasteiger partial charge in [0.1, 0.15) is 15.7 Å². The number of nitrogens with zero attached hydrogens (tertiary/aromatic N) is 3. The highest BCUT2D eigenvalue weighted by Crippen LogP contribution is 2.42. The molecule has 4 rings (SSSR count). The van der Waals surface area contributed by atoms with Crippen molar-refractivity contribution in [2.45, 2.75) is 38.4 Å². The largest absolute Gasteiger partial charge is 0.309 e. The smallest absolute Gasteiger partial charge is 0.259 e. The number of aromatic nitrogens is 4. The Bertz CT molecular complexity index is 1030. The predicted octanol–water partition coefficient (Wildman–Crippen LogP) is 3.20. The number of rotatable bonds is 6. The third-order valence-electron chi connectivity index (χ3n) is 4.17. The summed E-state index contributed by atoms with van der Waals surface area (Å²) >= 11 is 4.38. The number of carbonyl (C=O) groups excluding carboxylic acids is 1. The molecule has 3 aromatic rings. The molecule has 0 bridgehead atoms. The van der Waals surface area contributed by atoms with E-state index >= 15 is 0 Å². The number of fused-ring (bicyclic) bond motifs is 1. The SMILES string of the molecule is Cc1sc2nc(CSCC(=O)Nc3nnc(C4CC4)s3)[nH]c(=O)c2c1C. The molecule has 7 nitrogen and oxygen atoms in total. The average molecular weight is 408 g/mol. The topological polar surface area (TPSA) is 101 Å². The fourth-order valence-electron chi connectivity index (χ4n) is 2.54. The van der Waals surface area contributed by atoms with Crippen molar-refractivity contribution >= 4 is 55.7 Å². The van der Waals surface area contributed by atoms with E-state index in [1.807, 2.05) is 13.8 Å². The van der Waals surface area contributed by atoms with Gasteiger partial charge in [-0.05, 0) is 32.3 Å². The highest BCUT2D eigenvalue weighted by atomic mass is 32.2. The number of hydrogen-bond donors (Lipinski definition) is 2. The summed E-state index contributed by atoms with van der Waals surface area (Å²) in [6, 6.07) is 0. The molecule has 1 saturated carbocycles. The van der Waals surface area contributed by atoms with Gasteiger partial charge in [0.25, 0.3) is 5.56 Å². The summed E-state index contributed by atoms with van der Waals surface area (Å²) in [4.78, 5) is 33.5. The number of amides is 1. The molecule has 0 atom stereocenters. The molecule has 0 saturated heterocycles. The Morgan fingerprint density at radius 3 is 2.88 bits per heavy atom. The minimum Gasteiger partial charge on any atom is -0.309 e. The van der Waals surface area contributed by atoms with Gasteiger partial charge in [-0.2, -0.15) is 0 Å². The van der Waals surface area contributed by atoms with E-state index in [4.69, 9.17) is 0 Å². The summed E-state index contributed by atoms with van der Waals surface area (Å²) in [7, 11) is 0. The number of anilines is 1. The van der Waals surface area contributed by atoms with E-state index in [0.717, 1.165) is 33.1 Å². The molecule has 0 aliphatic heterocycles. The number of thiophene rings is 1. The molecule has 0 unspecified atom stereocenters. The molecule has 1 aliphatic rings. The second-order valence-corrected chi connectivity index (χ2v) is 9.43. The van der Waals surface area contributed by atoms with E-state index in [1.165, 1.54) is 34.4 Å². The molecule has 1 fully saturated rings. The first-order chi connectivity index (χ1) is 12.5. The number of thioether (sulfide) groups is 1. The van der Waals surface area contributed by atoms with Gasteiger partial charge in [0.15, 0.2) is 0 Å². The van der Waals surface area contributed by atoms with E-state index in [9.17, 15) is 9.59 Å². The van der Waals surface area contributed by atoms with Crippen molar-refractivity contribution in [1.29, 1.82) is 0 Å². The van der Waals surface area contributed by atoms with Gasteiger partial charge in [-0.25, -0.2) is 4.98 Å². The van der Waals surface area contributed by atoms with Crippen LogP contribution in [-0.2, 0) is 10.5 Å². The van der Waals surface area contributed by atoms with Crippen LogP contribution < -0.4 is 10.9 Å². The lowest BCUT2D eigenvalue weighted by Gasteiger charge is -2.02. The second-order valence-electron chi connectivity index (χ2n) is 6.24. The Morgan fingerprint density at radius 1 is 1.31 bits per heavy atom. The van der Waals surface area contributed by atoms with Crippen molar-refractivity contribution in [2.24, 2.45) is 0 Å². The zero-order valence-corrected chi connectivity index (χ0v) is 16.7. The van der Waals surface area contributed by atoms with Crippen LogP contribution in [0.15, 0.2) is 4.79 Å². The van der Waals surface area contributed by atoms with Crippen molar-refractivity contribution in [2.75, 3.05) is 11.1 Å². The maximum absolute atomic E-state index is 12.2. The first-order valence-electron chi connectivity index (χ1n) is 8.21. The van der Waals surface area contributed by atoms with Gasteiger partial charge in [0.2, 0.25) is 11.0 Å². The minimum absolute atomic E-state index is 0.113. The molecule has 0 spiro atoms. The van der Waals surface area contributed by atoms with Gasteiger partial charge in [-0.3, -0.25) is 14.9 Å². The Kier molecular flexibility index (Phi) is 4.80. The molecule has 1 aliphatic carbocycles. The first kappa shape index (κ1) is 17.6. The number of carbonyl (C=O) groups is 1. The molecule has 10 heteroatoms. The van der Waals surface area contributed by atoms with E-state index in [0.29, 0.717) is 28.0 Å². The molecular weight excluding hydrogens is 390 g/mol. The Labute approximate surface area is 161 Å². The molecular formula is C16H17N5O2S3. The molecule has 3 heterocycles. The third kappa shape index (κ3) is 3.67. The van der Waals surface area contributed by atoms with Crippen LogP contribution in [0.2, 0.25) is 0 Å². The molecule has 2 N–H and O–H groups in total. The summed E-state index contributed by atoms with van der Waals surface area (Å²) in [5, 5.41) is 13.1. The third-order valence-corrected chi connectivity index (χ3v) is 7.22. The van der Waals surface area contributed by atoms with Crippen LogP contribution in [0.5, 0.6) is 0 Å². The van der Waals surface area contributed by atoms with Gasteiger partial charge in [0.05, 0.1) is 16.9 Å². The maximum atomic E-state index is 12.2. The van der Waals surface area contributed by atoms with Crippen LogP contribution in [0, 0.1) is 13.8 Å². The van der Waals surface area contributed by atoms with Crippen molar-refractivity contribution in [3.63, 3.8) is 0 Å². The summed E-state index contributed by atoms with van der Waals surface area (Å²) < 4.78 is 0. The molecule has 0 radical (unpaired) electrons. The van der Waals surface area contributed by atoms with E-state index in [-0.39, 0.29) is 17.2 Å². The van der Waals surface area contributed by atoms with E-state index in [2.05, 4.69) is 25.5 Å². The van der Waals surface area contributed by atoms with Gasteiger partial charge in [0, 0.05) is 10.8 Å². The quantitative estimate of drug-likeness (QED) is 0.651. The summed E-state index contributed by atoms with van der Waals surface area (Å²) in [6.45, 7) is 3.92. The lowest BCUT2D eigenvalue weighted by molar-refractivity contribution is -0.113. The molecule has 136 valence electrons. The lowest BCUT2D eigenvalue weighted by Crippen LogP contribution is -2.15. The second kappa shape index (κ2) is 7.09. The summed E-state index contributed by atoms with van der Waals surface area (Å²) in [5.74, 6) is 1.74. The zero-order chi connectivity index (χ0) is 18.3. The Balaban J connectivity index is 1.34. The molecule has 26 heavy (non-hydrogen) atoms. The van der Waals surface area contributed by atoms with Gasteiger partial charge < -0.3 is 4.98 Å². The van der Waals surface area contributed by atoms with Gasteiger partial charge >= 0.3 is 0 Å². The van der Waals surface area contributed by atoms with Crippen LogP contribution in [0.25, 0.3) is 10.2 Å². The normalized spacial score (nSPS) is 14.1. The summed E-state index contributed by atoms with van der Waals surface area (Å²) in [6.07, 6.45) is 2.33. The molecule has 3 aromatic heterocycles. The Morgan fingerprint density at radius 2 is 2.12 bits per heavy atom. The number of hydrogen-bond acceptors (Lipinski definition) is 8. The van der Waals surface area contributed by atoms with Gasteiger partial charge in [-0.1, -0.05) is 11.3 Å². The Hall–Kier alpha value is -1.78. The number of aromatic amines is 1. The van der Waals surface area contributed by atoms with Crippen molar-refractivity contribution in [1.82, 2.24) is 20.2 Å². The van der Waals surface area contributed by atoms with Crippen LogP contribution in [0.3, 0.4) is 0 Å². The average Bonchev–Trinajstić information content (AvgIpc) is 3.27. The molecule has 0 aromatic carbocycles. The number of H-pyrrole nitrogens is 1. The monoisotopic (exact) mass is 407 g/mol.